The molecule has 31 heavy (non-hydrogen) atoms. The van der Waals surface area contributed by atoms with Gasteiger partial charge in [-0.15, -0.1) is 0 Å². The van der Waals surface area contributed by atoms with Crippen molar-refractivity contribution < 1.29 is 22.7 Å². The Kier molecular flexibility index (Phi) is 6.40. The number of amides is 1. The Bertz CT molecular complexity index is 1020. The normalized spacial score (nSPS) is 19.0. The van der Waals surface area contributed by atoms with Gasteiger partial charge in [0.05, 0.1) is 6.61 Å². The Morgan fingerprint density at radius 3 is 2.32 bits per heavy atom. The summed E-state index contributed by atoms with van der Waals surface area (Å²) in [6.45, 7) is 4.34. The first-order valence-corrected chi connectivity index (χ1v) is 10.0. The van der Waals surface area contributed by atoms with Crippen LogP contribution >= 0.6 is 0 Å². The zero-order chi connectivity index (χ0) is 22.6. The van der Waals surface area contributed by atoms with Crippen LogP contribution in [-0.4, -0.2) is 18.7 Å². The molecule has 1 aliphatic heterocycles. The second-order valence-electron chi connectivity index (χ2n) is 7.59. The summed E-state index contributed by atoms with van der Waals surface area (Å²) in [7, 11) is 0. The molecule has 1 N–H and O–H groups in total. The SMILES string of the molecule is CCCCOc1ccc([C@]2(C(F)(F)F)CC(c3ccc(C)cc3)=C(C#N)C(=O)N2)cc1. The fraction of sp³-hybridized carbons (Fsp3) is 0.333. The molecule has 1 heterocycles. The van der Waals surface area contributed by atoms with Crippen LogP contribution in [0.1, 0.15) is 42.9 Å². The standard InChI is InChI=1S/C24H23F3N2O2/c1-3-4-13-31-19-11-9-18(10-12-19)23(24(25,26)27)14-20(21(15-28)22(30)29-23)17-7-5-16(2)6-8-17/h5-12H,3-4,13-14H2,1-2H3,(H,29,30)/t23-/m0/s1. The van der Waals surface area contributed by atoms with Gasteiger partial charge >= 0.3 is 6.18 Å². The molecule has 0 spiro atoms. The molecule has 162 valence electrons. The number of nitriles is 1. The van der Waals surface area contributed by atoms with Crippen LogP contribution in [0.4, 0.5) is 13.2 Å². The van der Waals surface area contributed by atoms with E-state index in [0.29, 0.717) is 17.9 Å². The number of halogens is 3. The van der Waals surface area contributed by atoms with Gasteiger partial charge in [0, 0.05) is 6.42 Å². The fourth-order valence-electron chi connectivity index (χ4n) is 3.59. The molecule has 7 heteroatoms. The van der Waals surface area contributed by atoms with Crippen molar-refractivity contribution in [2.45, 2.75) is 44.8 Å². The van der Waals surface area contributed by atoms with Gasteiger partial charge in [0.1, 0.15) is 17.4 Å². The van der Waals surface area contributed by atoms with E-state index in [-0.39, 0.29) is 16.7 Å². The Hall–Kier alpha value is -3.27. The molecule has 3 rings (SSSR count). The minimum absolute atomic E-state index is 0.0758. The highest BCUT2D eigenvalue weighted by Gasteiger charge is 2.59. The van der Waals surface area contributed by atoms with E-state index in [1.807, 2.05) is 13.8 Å². The van der Waals surface area contributed by atoms with Gasteiger partial charge in [-0.05, 0) is 42.2 Å². The van der Waals surface area contributed by atoms with Crippen molar-refractivity contribution >= 4 is 11.5 Å². The van der Waals surface area contributed by atoms with Gasteiger partial charge in [0.25, 0.3) is 5.91 Å². The molecule has 1 aliphatic rings. The molecule has 2 aromatic rings. The summed E-state index contributed by atoms with van der Waals surface area (Å²) in [5, 5.41) is 11.5. The summed E-state index contributed by atoms with van der Waals surface area (Å²) in [6.07, 6.45) is -3.59. The van der Waals surface area contributed by atoms with E-state index in [1.54, 1.807) is 30.3 Å². The average Bonchev–Trinajstić information content (AvgIpc) is 2.73. The monoisotopic (exact) mass is 428 g/mol. The molecule has 0 bridgehead atoms. The number of unbranched alkanes of at least 4 members (excludes halogenated alkanes) is 1. The number of ether oxygens (including phenoxy) is 1. The number of carbonyl (C=O) groups is 1. The molecule has 4 nitrogen and oxygen atoms in total. The lowest BCUT2D eigenvalue weighted by molar-refractivity contribution is -0.201. The number of nitrogens with zero attached hydrogens (tertiary/aromatic N) is 1. The molecule has 0 aromatic heterocycles. The van der Waals surface area contributed by atoms with E-state index in [4.69, 9.17) is 4.74 Å². The lowest BCUT2D eigenvalue weighted by Gasteiger charge is -2.40. The molecule has 1 atom stereocenters. The van der Waals surface area contributed by atoms with Crippen LogP contribution in [-0.2, 0) is 10.3 Å². The number of nitrogens with one attached hydrogen (secondary N) is 1. The highest BCUT2D eigenvalue weighted by atomic mass is 19.4. The zero-order valence-corrected chi connectivity index (χ0v) is 17.3. The van der Waals surface area contributed by atoms with Gasteiger partial charge in [-0.3, -0.25) is 4.79 Å². The van der Waals surface area contributed by atoms with Gasteiger partial charge in [0.2, 0.25) is 0 Å². The summed E-state index contributed by atoms with van der Waals surface area (Å²) in [6, 6.07) is 14.1. The molecule has 0 fully saturated rings. The average molecular weight is 428 g/mol. The maximum Gasteiger partial charge on any atom is 0.416 e. The van der Waals surface area contributed by atoms with Crippen LogP contribution in [0.25, 0.3) is 5.57 Å². The summed E-state index contributed by atoms with van der Waals surface area (Å²) in [4.78, 5) is 12.6. The molecule has 2 aromatic carbocycles. The maximum atomic E-state index is 14.4. The molecule has 1 amide bonds. The number of alkyl halides is 3. The predicted molar refractivity (Wildman–Crippen MR) is 111 cm³/mol. The Balaban J connectivity index is 2.06. The number of hydrogen-bond acceptors (Lipinski definition) is 3. The van der Waals surface area contributed by atoms with Crippen LogP contribution in [0.3, 0.4) is 0 Å². The zero-order valence-electron chi connectivity index (χ0n) is 17.3. The summed E-state index contributed by atoms with van der Waals surface area (Å²) in [5.74, 6) is -0.575. The predicted octanol–water partition coefficient (Wildman–Crippen LogP) is 5.43. The van der Waals surface area contributed by atoms with Crippen molar-refractivity contribution in [1.29, 1.82) is 5.26 Å². The second-order valence-corrected chi connectivity index (χ2v) is 7.59. The van der Waals surface area contributed by atoms with Crippen molar-refractivity contribution in [3.63, 3.8) is 0 Å². The lowest BCUT2D eigenvalue weighted by atomic mass is 9.76. The van der Waals surface area contributed by atoms with Crippen molar-refractivity contribution in [3.8, 4) is 11.8 Å². The third-order valence-electron chi connectivity index (χ3n) is 5.41. The lowest BCUT2D eigenvalue weighted by Crippen LogP contribution is -2.58. The number of rotatable bonds is 6. The van der Waals surface area contributed by atoms with Gasteiger partial charge in [-0.1, -0.05) is 55.3 Å². The smallest absolute Gasteiger partial charge is 0.416 e. The van der Waals surface area contributed by atoms with Gasteiger partial charge in [-0.2, -0.15) is 18.4 Å². The minimum Gasteiger partial charge on any atom is -0.494 e. The highest BCUT2D eigenvalue weighted by molar-refractivity contribution is 6.07. The fourth-order valence-corrected chi connectivity index (χ4v) is 3.59. The van der Waals surface area contributed by atoms with E-state index in [9.17, 15) is 23.2 Å². The molecule has 0 saturated heterocycles. The van der Waals surface area contributed by atoms with Gasteiger partial charge < -0.3 is 10.1 Å². The summed E-state index contributed by atoms with van der Waals surface area (Å²) >= 11 is 0. The van der Waals surface area contributed by atoms with E-state index in [0.717, 1.165) is 18.4 Å². The molecular formula is C24H23F3N2O2. The third kappa shape index (κ3) is 4.43. The molecule has 0 radical (unpaired) electrons. The van der Waals surface area contributed by atoms with Gasteiger partial charge in [0.15, 0.2) is 5.54 Å². The van der Waals surface area contributed by atoms with Crippen LogP contribution < -0.4 is 10.1 Å². The van der Waals surface area contributed by atoms with Crippen LogP contribution in [0.2, 0.25) is 0 Å². The number of hydrogen-bond donors (Lipinski definition) is 1. The summed E-state index contributed by atoms with van der Waals surface area (Å²) < 4.78 is 48.9. The van der Waals surface area contributed by atoms with E-state index < -0.39 is 24.0 Å². The first-order valence-electron chi connectivity index (χ1n) is 10.0. The Morgan fingerprint density at radius 2 is 1.77 bits per heavy atom. The molecule has 0 aliphatic carbocycles. The first kappa shape index (κ1) is 22.4. The number of carbonyl (C=O) groups excluding carboxylic acids is 1. The van der Waals surface area contributed by atoms with Crippen molar-refractivity contribution in [1.82, 2.24) is 5.32 Å². The van der Waals surface area contributed by atoms with Crippen LogP contribution in [0, 0.1) is 18.3 Å². The van der Waals surface area contributed by atoms with E-state index >= 15 is 0 Å². The molecule has 0 saturated carbocycles. The molecule has 0 unspecified atom stereocenters. The van der Waals surface area contributed by atoms with Crippen molar-refractivity contribution in [2.24, 2.45) is 0 Å². The quantitative estimate of drug-likeness (QED) is 0.624. The summed E-state index contributed by atoms with van der Waals surface area (Å²) in [5.41, 5.74) is -1.64. The van der Waals surface area contributed by atoms with Crippen LogP contribution in [0.15, 0.2) is 54.1 Å². The number of benzene rings is 2. The Morgan fingerprint density at radius 1 is 1.13 bits per heavy atom. The highest BCUT2D eigenvalue weighted by Crippen LogP contribution is 2.48. The van der Waals surface area contributed by atoms with E-state index in [2.05, 4.69) is 5.32 Å². The van der Waals surface area contributed by atoms with Gasteiger partial charge in [-0.25, -0.2) is 0 Å². The van der Waals surface area contributed by atoms with Crippen LogP contribution in [0.5, 0.6) is 5.75 Å². The maximum absolute atomic E-state index is 14.4. The number of aryl methyl sites for hydroxylation is 1. The third-order valence-corrected chi connectivity index (χ3v) is 5.41. The van der Waals surface area contributed by atoms with E-state index in [1.165, 1.54) is 24.3 Å². The Labute approximate surface area is 179 Å². The second kappa shape index (κ2) is 8.84. The van der Waals surface area contributed by atoms with Crippen molar-refractivity contribution in [2.75, 3.05) is 6.61 Å². The first-order chi connectivity index (χ1) is 14.7. The topological polar surface area (TPSA) is 62.1 Å². The van der Waals surface area contributed by atoms with Crippen molar-refractivity contribution in [3.05, 3.63) is 70.8 Å². The molecular weight excluding hydrogens is 405 g/mol. The largest absolute Gasteiger partial charge is 0.494 e. The minimum atomic E-state index is -4.79.